The molecule has 2 unspecified atom stereocenters. The lowest BCUT2D eigenvalue weighted by Gasteiger charge is -2.17. The van der Waals surface area contributed by atoms with E-state index in [9.17, 15) is 4.55 Å². The minimum Gasteiger partial charge on any atom is -0.598 e. The molecule has 1 aliphatic rings. The fourth-order valence-electron chi connectivity index (χ4n) is 3.24. The molecule has 21 heavy (non-hydrogen) atoms. The first-order chi connectivity index (χ1) is 10.2. The van der Waals surface area contributed by atoms with Crippen LogP contribution in [0.3, 0.4) is 0 Å². The van der Waals surface area contributed by atoms with Gasteiger partial charge in [0.15, 0.2) is 0 Å². The van der Waals surface area contributed by atoms with Gasteiger partial charge < -0.3 is 9.54 Å². The van der Waals surface area contributed by atoms with Gasteiger partial charge in [-0.3, -0.25) is 4.98 Å². The van der Waals surface area contributed by atoms with Gasteiger partial charge in [0.2, 0.25) is 0 Å². The van der Waals surface area contributed by atoms with Crippen molar-refractivity contribution in [3.8, 4) is 0 Å². The molecule has 0 aromatic carbocycles. The quantitative estimate of drug-likeness (QED) is 0.737. The lowest BCUT2D eigenvalue weighted by Crippen LogP contribution is -2.27. The molecule has 4 heterocycles. The molecular weight excluding hydrogens is 284 g/mol. The van der Waals surface area contributed by atoms with Gasteiger partial charge in [0, 0.05) is 47.0 Å². The van der Waals surface area contributed by atoms with Crippen LogP contribution in [-0.2, 0) is 11.4 Å². The van der Waals surface area contributed by atoms with Crippen LogP contribution in [0, 0.1) is 0 Å². The molecule has 1 aliphatic heterocycles. The summed E-state index contributed by atoms with van der Waals surface area (Å²) in [4.78, 5) is 12.0. The first-order valence-electron chi connectivity index (χ1n) is 7.03. The van der Waals surface area contributed by atoms with Gasteiger partial charge >= 0.3 is 0 Å². The molecule has 4 rings (SSSR count). The van der Waals surface area contributed by atoms with Crippen molar-refractivity contribution >= 4 is 33.3 Å². The van der Waals surface area contributed by atoms with E-state index in [0.29, 0.717) is 5.92 Å². The summed E-state index contributed by atoms with van der Waals surface area (Å²) >= 11 is -0.889. The van der Waals surface area contributed by atoms with E-state index in [1.165, 1.54) is 10.9 Å². The Kier molecular flexibility index (Phi) is 3.10. The summed E-state index contributed by atoms with van der Waals surface area (Å²) in [5.41, 5.74) is 3.11. The molecule has 0 spiro atoms. The third-order valence-electron chi connectivity index (χ3n) is 4.28. The Labute approximate surface area is 125 Å². The van der Waals surface area contributed by atoms with Crippen molar-refractivity contribution in [1.82, 2.24) is 19.3 Å². The fourth-order valence-corrected chi connectivity index (χ4v) is 3.99. The van der Waals surface area contributed by atoms with Crippen LogP contribution in [0.5, 0.6) is 0 Å². The number of hydrogen-bond donors (Lipinski definition) is 1. The number of hydrogen-bond acceptors (Lipinski definition) is 4. The van der Waals surface area contributed by atoms with Gasteiger partial charge in [0.05, 0.1) is 18.3 Å². The summed E-state index contributed by atoms with van der Waals surface area (Å²) in [6.45, 7) is 1.73. The zero-order valence-electron chi connectivity index (χ0n) is 11.7. The SMILES string of the molecule is C[S+]([O-])N1CCC(c2ccnc3cnc4[nH]ccc4c23)C1. The number of nitrogens with zero attached hydrogens (tertiary/aromatic N) is 3. The van der Waals surface area contributed by atoms with Gasteiger partial charge in [-0.1, -0.05) is 0 Å². The summed E-state index contributed by atoms with van der Waals surface area (Å²) in [5.74, 6) is 0.403. The first kappa shape index (κ1) is 13.1. The molecule has 0 aliphatic carbocycles. The van der Waals surface area contributed by atoms with E-state index in [-0.39, 0.29) is 0 Å². The van der Waals surface area contributed by atoms with Gasteiger partial charge in [-0.05, 0) is 24.1 Å². The molecule has 1 fully saturated rings. The van der Waals surface area contributed by atoms with Crippen molar-refractivity contribution < 1.29 is 4.55 Å². The van der Waals surface area contributed by atoms with Crippen molar-refractivity contribution in [3.63, 3.8) is 0 Å². The zero-order valence-corrected chi connectivity index (χ0v) is 12.6. The maximum absolute atomic E-state index is 11.7. The van der Waals surface area contributed by atoms with Crippen LogP contribution in [0.2, 0.25) is 0 Å². The Balaban J connectivity index is 1.87. The molecule has 2 atom stereocenters. The molecule has 0 radical (unpaired) electrons. The second-order valence-electron chi connectivity index (χ2n) is 5.46. The minimum absolute atomic E-state index is 0.403. The highest BCUT2D eigenvalue weighted by Crippen LogP contribution is 2.35. The third-order valence-corrected chi connectivity index (χ3v) is 5.34. The second-order valence-corrected chi connectivity index (χ2v) is 6.82. The molecule has 1 saturated heterocycles. The summed E-state index contributed by atoms with van der Waals surface area (Å²) in [5, 5.41) is 2.30. The standard InChI is InChI=1S/C15H16N4OS/c1-21(20)19-7-4-10(9-19)11-2-5-16-13-8-18-15-12(14(11)13)3-6-17-15/h2-3,5-6,8,10H,4,7,9H2,1H3,(H,17,18). The maximum atomic E-state index is 11.7. The maximum Gasteiger partial charge on any atom is 0.137 e. The Morgan fingerprint density at radius 2 is 2.29 bits per heavy atom. The van der Waals surface area contributed by atoms with Crippen LogP contribution in [-0.4, -0.2) is 43.2 Å². The molecule has 0 amide bonds. The summed E-state index contributed by atoms with van der Waals surface area (Å²) < 4.78 is 13.7. The van der Waals surface area contributed by atoms with Crippen LogP contribution in [0.1, 0.15) is 17.9 Å². The van der Waals surface area contributed by atoms with E-state index in [4.69, 9.17) is 0 Å². The van der Waals surface area contributed by atoms with E-state index in [1.54, 1.807) is 6.26 Å². The predicted octanol–water partition coefficient (Wildman–Crippen LogP) is 2.19. The van der Waals surface area contributed by atoms with Crippen molar-refractivity contribution in [1.29, 1.82) is 0 Å². The number of rotatable bonds is 2. The topological polar surface area (TPSA) is 67.9 Å². The van der Waals surface area contributed by atoms with Gasteiger partial charge in [-0.2, -0.15) is 0 Å². The Bertz CT molecular complexity index is 801. The fraction of sp³-hybridized carbons (Fsp3) is 0.333. The average Bonchev–Trinajstić information content (AvgIpc) is 3.15. The summed E-state index contributed by atoms with van der Waals surface area (Å²) in [6, 6.07) is 4.15. The molecule has 6 heteroatoms. The van der Waals surface area contributed by atoms with Gasteiger partial charge in [-0.15, -0.1) is 4.31 Å². The molecule has 5 nitrogen and oxygen atoms in total. The average molecular weight is 300 g/mol. The molecule has 3 aromatic heterocycles. The monoisotopic (exact) mass is 300 g/mol. The van der Waals surface area contributed by atoms with Crippen LogP contribution >= 0.6 is 0 Å². The number of nitrogens with one attached hydrogen (secondary N) is 1. The number of H-pyrrole nitrogens is 1. The van der Waals surface area contributed by atoms with E-state index in [0.717, 1.165) is 36.1 Å². The van der Waals surface area contributed by atoms with Crippen LogP contribution in [0.15, 0.2) is 30.7 Å². The van der Waals surface area contributed by atoms with Crippen molar-refractivity contribution in [2.45, 2.75) is 12.3 Å². The van der Waals surface area contributed by atoms with Gasteiger partial charge in [0.1, 0.15) is 11.9 Å². The Morgan fingerprint density at radius 1 is 1.38 bits per heavy atom. The smallest absolute Gasteiger partial charge is 0.137 e. The van der Waals surface area contributed by atoms with Crippen LogP contribution < -0.4 is 0 Å². The van der Waals surface area contributed by atoms with Gasteiger partial charge in [-0.25, -0.2) is 4.98 Å². The Morgan fingerprint density at radius 3 is 3.10 bits per heavy atom. The highest BCUT2D eigenvalue weighted by Gasteiger charge is 2.30. The lowest BCUT2D eigenvalue weighted by atomic mass is 9.94. The number of aromatic nitrogens is 3. The van der Waals surface area contributed by atoms with Crippen LogP contribution in [0.25, 0.3) is 21.9 Å². The van der Waals surface area contributed by atoms with E-state index < -0.39 is 11.4 Å². The first-order valence-corrected chi connectivity index (χ1v) is 8.55. The highest BCUT2D eigenvalue weighted by molar-refractivity contribution is 7.88. The van der Waals surface area contributed by atoms with Crippen LogP contribution in [0.4, 0.5) is 0 Å². The van der Waals surface area contributed by atoms with Gasteiger partial charge in [0.25, 0.3) is 0 Å². The summed E-state index contributed by atoms with van der Waals surface area (Å²) in [7, 11) is 0. The molecule has 0 saturated carbocycles. The van der Waals surface area contributed by atoms with E-state index >= 15 is 0 Å². The Hall–Kier alpha value is -1.63. The third kappa shape index (κ3) is 2.10. The van der Waals surface area contributed by atoms with Crippen molar-refractivity contribution in [3.05, 3.63) is 36.3 Å². The summed E-state index contributed by atoms with van der Waals surface area (Å²) in [6.07, 6.45) is 8.37. The molecular formula is C15H16N4OS. The molecule has 108 valence electrons. The molecule has 3 aromatic rings. The number of pyridine rings is 2. The largest absolute Gasteiger partial charge is 0.598 e. The van der Waals surface area contributed by atoms with Crippen molar-refractivity contribution in [2.24, 2.45) is 0 Å². The number of fused-ring (bicyclic) bond motifs is 3. The predicted molar refractivity (Wildman–Crippen MR) is 84.4 cm³/mol. The minimum atomic E-state index is -0.889. The van der Waals surface area contributed by atoms with E-state index in [1.807, 2.05) is 22.9 Å². The van der Waals surface area contributed by atoms with Crippen molar-refractivity contribution in [2.75, 3.05) is 19.3 Å². The highest BCUT2D eigenvalue weighted by atomic mass is 32.2. The molecule has 1 N–H and O–H groups in total. The normalized spacial score (nSPS) is 21.3. The molecule has 0 bridgehead atoms. The zero-order chi connectivity index (χ0) is 14.4. The number of aromatic amines is 1. The van der Waals surface area contributed by atoms with E-state index in [2.05, 4.69) is 27.1 Å². The lowest BCUT2D eigenvalue weighted by molar-refractivity contribution is 0.478. The second kappa shape index (κ2) is 4.98.